The first-order valence-electron chi connectivity index (χ1n) is 6.72. The first-order chi connectivity index (χ1) is 8.75. The molecule has 2 atom stereocenters. The zero-order valence-electron chi connectivity index (χ0n) is 11.0. The van der Waals surface area contributed by atoms with Gasteiger partial charge in [-0.05, 0) is 37.8 Å². The van der Waals surface area contributed by atoms with Gasteiger partial charge in [0.1, 0.15) is 12.1 Å². The molecule has 2 unspecified atom stereocenters. The van der Waals surface area contributed by atoms with Crippen LogP contribution in [0.1, 0.15) is 26.7 Å². The standard InChI is InChI=1S/C15H19N3/c1-11-7-8-12(2)18(9-11)15-13-5-3-4-6-14(13)16-10-17-15/h3-6,10-12H,7-9H2,1-2H3. The number of fused-ring (bicyclic) bond motifs is 1. The van der Waals surface area contributed by atoms with Gasteiger partial charge in [-0.3, -0.25) is 0 Å². The first-order valence-corrected chi connectivity index (χ1v) is 6.72. The van der Waals surface area contributed by atoms with Gasteiger partial charge in [0.2, 0.25) is 0 Å². The van der Waals surface area contributed by atoms with Gasteiger partial charge < -0.3 is 4.90 Å². The summed E-state index contributed by atoms with van der Waals surface area (Å²) in [6.45, 7) is 5.72. The van der Waals surface area contributed by atoms with Crippen LogP contribution in [0.4, 0.5) is 5.82 Å². The van der Waals surface area contributed by atoms with Gasteiger partial charge in [0.15, 0.2) is 0 Å². The highest BCUT2D eigenvalue weighted by molar-refractivity contribution is 5.89. The molecule has 0 bridgehead atoms. The Labute approximate surface area is 108 Å². The van der Waals surface area contributed by atoms with Gasteiger partial charge in [0.05, 0.1) is 5.52 Å². The topological polar surface area (TPSA) is 29.0 Å². The van der Waals surface area contributed by atoms with E-state index in [-0.39, 0.29) is 0 Å². The molecule has 0 saturated carbocycles. The summed E-state index contributed by atoms with van der Waals surface area (Å²) >= 11 is 0. The van der Waals surface area contributed by atoms with Crippen LogP contribution in [0.15, 0.2) is 30.6 Å². The van der Waals surface area contributed by atoms with Crippen molar-refractivity contribution in [2.75, 3.05) is 11.4 Å². The van der Waals surface area contributed by atoms with Gasteiger partial charge in [-0.2, -0.15) is 0 Å². The molecule has 1 aromatic carbocycles. The van der Waals surface area contributed by atoms with Crippen LogP contribution >= 0.6 is 0 Å². The quantitative estimate of drug-likeness (QED) is 0.767. The molecule has 0 aliphatic carbocycles. The van der Waals surface area contributed by atoms with E-state index in [1.165, 1.54) is 18.2 Å². The Bertz CT molecular complexity index is 547. The third-order valence-corrected chi connectivity index (χ3v) is 3.91. The van der Waals surface area contributed by atoms with E-state index >= 15 is 0 Å². The van der Waals surface area contributed by atoms with E-state index in [0.29, 0.717) is 6.04 Å². The average molecular weight is 241 g/mol. The van der Waals surface area contributed by atoms with Crippen LogP contribution in [-0.2, 0) is 0 Å². The smallest absolute Gasteiger partial charge is 0.140 e. The van der Waals surface area contributed by atoms with Crippen LogP contribution in [0.5, 0.6) is 0 Å². The maximum absolute atomic E-state index is 4.53. The van der Waals surface area contributed by atoms with Crippen LogP contribution in [0.25, 0.3) is 10.9 Å². The molecule has 0 N–H and O–H groups in total. The molecule has 1 aliphatic heterocycles. The van der Waals surface area contributed by atoms with E-state index in [1.807, 2.05) is 6.07 Å². The number of piperidine rings is 1. The van der Waals surface area contributed by atoms with Crippen LogP contribution < -0.4 is 4.90 Å². The van der Waals surface area contributed by atoms with Crippen molar-refractivity contribution in [2.24, 2.45) is 5.92 Å². The molecule has 1 fully saturated rings. The summed E-state index contributed by atoms with van der Waals surface area (Å²) in [5.41, 5.74) is 1.04. The molecule has 2 heterocycles. The predicted molar refractivity (Wildman–Crippen MR) is 74.7 cm³/mol. The molecule has 1 aliphatic rings. The molecule has 2 aromatic rings. The Kier molecular flexibility index (Phi) is 2.90. The Morgan fingerprint density at radius 2 is 1.94 bits per heavy atom. The summed E-state index contributed by atoms with van der Waals surface area (Å²) < 4.78 is 0. The Morgan fingerprint density at radius 3 is 2.83 bits per heavy atom. The molecule has 1 saturated heterocycles. The molecule has 1 aromatic heterocycles. The van der Waals surface area contributed by atoms with E-state index in [9.17, 15) is 0 Å². The maximum atomic E-state index is 4.53. The Hall–Kier alpha value is -1.64. The van der Waals surface area contributed by atoms with Crippen molar-refractivity contribution in [1.29, 1.82) is 0 Å². The van der Waals surface area contributed by atoms with E-state index in [0.717, 1.165) is 23.8 Å². The number of anilines is 1. The normalized spacial score (nSPS) is 24.4. The van der Waals surface area contributed by atoms with Crippen LogP contribution in [-0.4, -0.2) is 22.6 Å². The minimum Gasteiger partial charge on any atom is -0.353 e. The van der Waals surface area contributed by atoms with Gasteiger partial charge >= 0.3 is 0 Å². The fourth-order valence-corrected chi connectivity index (χ4v) is 2.80. The van der Waals surface area contributed by atoms with E-state index in [1.54, 1.807) is 6.33 Å². The number of rotatable bonds is 1. The monoisotopic (exact) mass is 241 g/mol. The zero-order chi connectivity index (χ0) is 12.5. The minimum absolute atomic E-state index is 0.569. The van der Waals surface area contributed by atoms with E-state index in [2.05, 4.69) is 46.9 Å². The fourth-order valence-electron chi connectivity index (χ4n) is 2.80. The predicted octanol–water partition coefficient (Wildman–Crippen LogP) is 3.25. The summed E-state index contributed by atoms with van der Waals surface area (Å²) in [5.74, 6) is 1.84. The molecule has 18 heavy (non-hydrogen) atoms. The van der Waals surface area contributed by atoms with Crippen molar-refractivity contribution in [1.82, 2.24) is 9.97 Å². The second kappa shape index (κ2) is 4.56. The van der Waals surface area contributed by atoms with Crippen molar-refractivity contribution < 1.29 is 0 Å². The Balaban J connectivity index is 2.07. The molecule has 3 rings (SSSR count). The van der Waals surface area contributed by atoms with Crippen LogP contribution in [0, 0.1) is 5.92 Å². The third kappa shape index (κ3) is 1.94. The third-order valence-electron chi connectivity index (χ3n) is 3.91. The van der Waals surface area contributed by atoms with E-state index < -0.39 is 0 Å². The second-order valence-electron chi connectivity index (χ2n) is 5.40. The number of hydrogen-bond acceptors (Lipinski definition) is 3. The van der Waals surface area contributed by atoms with Crippen molar-refractivity contribution >= 4 is 16.7 Å². The summed E-state index contributed by atoms with van der Waals surface area (Å²) in [5, 5.41) is 1.17. The molecule has 0 amide bonds. The molecule has 0 radical (unpaired) electrons. The summed E-state index contributed by atoms with van der Waals surface area (Å²) in [7, 11) is 0. The van der Waals surface area contributed by atoms with Crippen molar-refractivity contribution in [3.05, 3.63) is 30.6 Å². The summed E-state index contributed by atoms with van der Waals surface area (Å²) in [6.07, 6.45) is 4.25. The molecular formula is C15H19N3. The van der Waals surface area contributed by atoms with Gasteiger partial charge in [-0.25, -0.2) is 9.97 Å². The second-order valence-corrected chi connectivity index (χ2v) is 5.40. The van der Waals surface area contributed by atoms with Crippen molar-refractivity contribution in [2.45, 2.75) is 32.7 Å². The number of nitrogens with zero attached hydrogens (tertiary/aromatic N) is 3. The number of benzene rings is 1. The van der Waals surface area contributed by atoms with Crippen LogP contribution in [0.2, 0.25) is 0 Å². The van der Waals surface area contributed by atoms with Gasteiger partial charge in [0.25, 0.3) is 0 Å². The lowest BCUT2D eigenvalue weighted by Gasteiger charge is -2.38. The average Bonchev–Trinajstić information content (AvgIpc) is 2.41. The van der Waals surface area contributed by atoms with Gasteiger partial charge in [-0.1, -0.05) is 19.1 Å². The molecular weight excluding hydrogens is 222 g/mol. The zero-order valence-corrected chi connectivity index (χ0v) is 11.0. The Morgan fingerprint density at radius 1 is 1.11 bits per heavy atom. The molecule has 3 heteroatoms. The molecule has 0 spiro atoms. The number of aromatic nitrogens is 2. The van der Waals surface area contributed by atoms with Crippen molar-refractivity contribution in [3.8, 4) is 0 Å². The number of para-hydroxylation sites is 1. The largest absolute Gasteiger partial charge is 0.353 e. The van der Waals surface area contributed by atoms with Gasteiger partial charge in [0, 0.05) is 18.0 Å². The molecule has 94 valence electrons. The molecule has 3 nitrogen and oxygen atoms in total. The van der Waals surface area contributed by atoms with Gasteiger partial charge in [-0.15, -0.1) is 0 Å². The lowest BCUT2D eigenvalue weighted by molar-refractivity contribution is 0.389. The van der Waals surface area contributed by atoms with Crippen molar-refractivity contribution in [3.63, 3.8) is 0 Å². The fraction of sp³-hybridized carbons (Fsp3) is 0.467. The first kappa shape index (κ1) is 11.5. The summed E-state index contributed by atoms with van der Waals surface area (Å²) in [6, 6.07) is 8.84. The van der Waals surface area contributed by atoms with E-state index in [4.69, 9.17) is 0 Å². The lowest BCUT2D eigenvalue weighted by Crippen LogP contribution is -2.41. The minimum atomic E-state index is 0.569. The lowest BCUT2D eigenvalue weighted by atomic mass is 9.95. The number of hydrogen-bond donors (Lipinski definition) is 0. The maximum Gasteiger partial charge on any atom is 0.140 e. The summed E-state index contributed by atoms with van der Waals surface area (Å²) in [4.78, 5) is 11.3. The highest BCUT2D eigenvalue weighted by Gasteiger charge is 2.25. The van der Waals surface area contributed by atoms with Crippen LogP contribution in [0.3, 0.4) is 0 Å². The highest BCUT2D eigenvalue weighted by Crippen LogP contribution is 2.30. The highest BCUT2D eigenvalue weighted by atomic mass is 15.2. The SMILES string of the molecule is CC1CCC(C)N(c2ncnc3ccccc23)C1.